The van der Waals surface area contributed by atoms with E-state index in [1.807, 2.05) is 0 Å². The molecule has 4 aliphatic carbocycles. The number of phenolic OH excluding ortho intramolecular Hbond substituents is 1. The number of carbonyl (C=O) groups excluding carboxylic acids is 2. The minimum absolute atomic E-state index is 0.135. The van der Waals surface area contributed by atoms with Crippen LogP contribution < -0.4 is 11.1 Å². The van der Waals surface area contributed by atoms with Crippen LogP contribution in [0.25, 0.3) is 0 Å². The van der Waals surface area contributed by atoms with Crippen molar-refractivity contribution in [3.63, 3.8) is 0 Å². The molecule has 0 radical (unpaired) electrons. The van der Waals surface area contributed by atoms with E-state index in [0.29, 0.717) is 31.1 Å². The van der Waals surface area contributed by atoms with Crippen molar-refractivity contribution in [2.45, 2.75) is 63.0 Å². The molecule has 4 fully saturated rings. The quantitative estimate of drug-likeness (QED) is 0.608. The predicted octanol–water partition coefficient (Wildman–Crippen LogP) is 1.63. The standard InChI is InChI=1S/C21H28N2O4/c22-19(26)17(6-13-1-3-16(24)4-2-13)23-18(25)11-20-7-14-5-15(8-20)10-21(27,9-14)12-20/h1-4,14-15,17,24,27H,5-12H2,(H2,22,26)(H,23,25)/t14-,15-,17-,20?,21?/m0/s1. The molecule has 3 atom stereocenters. The number of phenols is 1. The second-order valence-electron chi connectivity index (χ2n) is 9.26. The topological polar surface area (TPSA) is 113 Å². The van der Waals surface area contributed by atoms with Gasteiger partial charge in [0, 0.05) is 12.8 Å². The highest BCUT2D eigenvalue weighted by Crippen LogP contribution is 2.62. The van der Waals surface area contributed by atoms with Gasteiger partial charge in [-0.2, -0.15) is 0 Å². The van der Waals surface area contributed by atoms with Gasteiger partial charge in [0.2, 0.25) is 11.8 Å². The average molecular weight is 372 g/mol. The van der Waals surface area contributed by atoms with Crippen LogP contribution in [0, 0.1) is 17.3 Å². The summed E-state index contributed by atoms with van der Waals surface area (Å²) in [4.78, 5) is 24.6. The van der Waals surface area contributed by atoms with Crippen molar-refractivity contribution in [1.29, 1.82) is 0 Å². The second kappa shape index (κ2) is 6.51. The van der Waals surface area contributed by atoms with Gasteiger partial charge in [0.05, 0.1) is 5.60 Å². The Morgan fingerprint density at radius 2 is 1.78 bits per heavy atom. The van der Waals surface area contributed by atoms with Crippen LogP contribution >= 0.6 is 0 Å². The van der Waals surface area contributed by atoms with E-state index in [0.717, 1.165) is 31.2 Å². The highest BCUT2D eigenvalue weighted by molar-refractivity contribution is 5.87. The Morgan fingerprint density at radius 1 is 1.15 bits per heavy atom. The number of rotatable bonds is 6. The maximum atomic E-state index is 12.8. The number of aliphatic hydroxyl groups is 1. The van der Waals surface area contributed by atoms with E-state index in [9.17, 15) is 19.8 Å². The zero-order valence-corrected chi connectivity index (χ0v) is 15.5. The van der Waals surface area contributed by atoms with Crippen molar-refractivity contribution in [2.24, 2.45) is 23.0 Å². The number of benzene rings is 1. The van der Waals surface area contributed by atoms with E-state index in [1.165, 1.54) is 6.42 Å². The Kier molecular flexibility index (Phi) is 4.41. The number of hydrogen-bond donors (Lipinski definition) is 4. The first-order chi connectivity index (χ1) is 12.7. The number of amides is 2. The summed E-state index contributed by atoms with van der Waals surface area (Å²) in [6.45, 7) is 0. The molecule has 5 rings (SSSR count). The van der Waals surface area contributed by atoms with Gasteiger partial charge in [-0.1, -0.05) is 12.1 Å². The van der Waals surface area contributed by atoms with Crippen LogP contribution in [0.4, 0.5) is 0 Å². The first-order valence-electron chi connectivity index (χ1n) is 9.83. The molecule has 0 aliphatic heterocycles. The van der Waals surface area contributed by atoms with Gasteiger partial charge < -0.3 is 21.3 Å². The summed E-state index contributed by atoms with van der Waals surface area (Å²) in [6, 6.07) is 5.74. The third kappa shape index (κ3) is 3.81. The number of aromatic hydroxyl groups is 1. The molecule has 1 aromatic rings. The molecule has 0 spiro atoms. The Labute approximate surface area is 159 Å². The SMILES string of the molecule is NC(=O)[C@H](Cc1ccc(O)cc1)NC(=O)CC12C[C@@H]3C[C@H](CC(O)(C3)C1)C2. The minimum Gasteiger partial charge on any atom is -0.508 e. The summed E-state index contributed by atoms with van der Waals surface area (Å²) in [5.41, 5.74) is 5.59. The maximum absolute atomic E-state index is 12.8. The van der Waals surface area contributed by atoms with Gasteiger partial charge in [0.1, 0.15) is 11.8 Å². The van der Waals surface area contributed by atoms with Crippen molar-refractivity contribution >= 4 is 11.8 Å². The van der Waals surface area contributed by atoms with E-state index in [4.69, 9.17) is 5.73 Å². The van der Waals surface area contributed by atoms with Gasteiger partial charge in [-0.3, -0.25) is 9.59 Å². The van der Waals surface area contributed by atoms with Crippen molar-refractivity contribution < 1.29 is 19.8 Å². The van der Waals surface area contributed by atoms with Crippen LogP contribution in [-0.4, -0.2) is 33.7 Å². The summed E-state index contributed by atoms with van der Waals surface area (Å²) in [5.74, 6) is 0.461. The fraction of sp³-hybridized carbons (Fsp3) is 0.619. The lowest BCUT2D eigenvalue weighted by Crippen LogP contribution is -2.57. The molecule has 4 saturated carbocycles. The highest BCUT2D eigenvalue weighted by Gasteiger charge is 2.57. The van der Waals surface area contributed by atoms with E-state index >= 15 is 0 Å². The van der Waals surface area contributed by atoms with Crippen LogP contribution in [0.5, 0.6) is 5.75 Å². The van der Waals surface area contributed by atoms with Gasteiger partial charge in [0.15, 0.2) is 0 Å². The molecule has 6 nitrogen and oxygen atoms in total. The zero-order chi connectivity index (χ0) is 19.2. The first kappa shape index (κ1) is 18.3. The molecule has 27 heavy (non-hydrogen) atoms. The molecule has 4 bridgehead atoms. The normalized spacial score (nSPS) is 35.0. The van der Waals surface area contributed by atoms with Crippen LogP contribution in [0.1, 0.15) is 50.5 Å². The lowest BCUT2D eigenvalue weighted by Gasteiger charge is -2.60. The largest absolute Gasteiger partial charge is 0.508 e. The average Bonchev–Trinajstić information content (AvgIpc) is 2.53. The lowest BCUT2D eigenvalue weighted by atomic mass is 9.47. The van der Waals surface area contributed by atoms with Crippen molar-refractivity contribution in [3.8, 4) is 5.75 Å². The lowest BCUT2D eigenvalue weighted by molar-refractivity contribution is -0.169. The summed E-state index contributed by atoms with van der Waals surface area (Å²) in [7, 11) is 0. The van der Waals surface area contributed by atoms with Crippen molar-refractivity contribution in [1.82, 2.24) is 5.32 Å². The van der Waals surface area contributed by atoms with Gasteiger partial charge in [-0.15, -0.1) is 0 Å². The van der Waals surface area contributed by atoms with E-state index in [1.54, 1.807) is 24.3 Å². The molecule has 5 N–H and O–H groups in total. The second-order valence-corrected chi connectivity index (χ2v) is 9.26. The molecule has 0 saturated heterocycles. The number of hydrogen-bond acceptors (Lipinski definition) is 4. The first-order valence-corrected chi connectivity index (χ1v) is 9.83. The summed E-state index contributed by atoms with van der Waals surface area (Å²) in [5, 5.41) is 23.0. The molecular formula is C21H28N2O4. The fourth-order valence-electron chi connectivity index (χ4n) is 6.29. The Bertz CT molecular complexity index is 731. The third-order valence-corrected chi connectivity index (χ3v) is 6.74. The smallest absolute Gasteiger partial charge is 0.240 e. The fourth-order valence-corrected chi connectivity index (χ4v) is 6.29. The van der Waals surface area contributed by atoms with E-state index < -0.39 is 17.6 Å². The highest BCUT2D eigenvalue weighted by atomic mass is 16.3. The van der Waals surface area contributed by atoms with Gasteiger partial charge in [0.25, 0.3) is 0 Å². The molecule has 6 heteroatoms. The van der Waals surface area contributed by atoms with Crippen LogP contribution in [0.2, 0.25) is 0 Å². The van der Waals surface area contributed by atoms with Crippen LogP contribution in [0.3, 0.4) is 0 Å². The van der Waals surface area contributed by atoms with Gasteiger partial charge >= 0.3 is 0 Å². The molecule has 4 aliphatic rings. The molecule has 1 aromatic carbocycles. The predicted molar refractivity (Wildman–Crippen MR) is 99.6 cm³/mol. The Hall–Kier alpha value is -2.08. The molecule has 0 aromatic heterocycles. The molecule has 146 valence electrons. The van der Waals surface area contributed by atoms with Crippen molar-refractivity contribution in [2.75, 3.05) is 0 Å². The zero-order valence-electron chi connectivity index (χ0n) is 15.5. The molecule has 2 amide bonds. The number of primary amides is 1. The number of nitrogens with one attached hydrogen (secondary N) is 1. The summed E-state index contributed by atoms with van der Waals surface area (Å²) >= 11 is 0. The van der Waals surface area contributed by atoms with Gasteiger partial charge in [-0.05, 0) is 73.5 Å². The summed E-state index contributed by atoms with van der Waals surface area (Å²) < 4.78 is 0. The van der Waals surface area contributed by atoms with Gasteiger partial charge in [-0.25, -0.2) is 0 Å². The summed E-state index contributed by atoms with van der Waals surface area (Å²) in [6.07, 6.45) is 6.26. The minimum atomic E-state index is -0.779. The molecule has 0 unspecified atom stereocenters. The maximum Gasteiger partial charge on any atom is 0.240 e. The van der Waals surface area contributed by atoms with Crippen molar-refractivity contribution in [3.05, 3.63) is 29.8 Å². The molecule has 0 heterocycles. The Morgan fingerprint density at radius 3 is 2.33 bits per heavy atom. The van der Waals surface area contributed by atoms with E-state index in [2.05, 4.69) is 5.32 Å². The van der Waals surface area contributed by atoms with Crippen LogP contribution in [0.15, 0.2) is 24.3 Å². The molecular weight excluding hydrogens is 344 g/mol. The monoisotopic (exact) mass is 372 g/mol. The number of carbonyl (C=O) groups is 2. The van der Waals surface area contributed by atoms with E-state index in [-0.39, 0.29) is 17.1 Å². The number of nitrogens with two attached hydrogens (primary N) is 1. The third-order valence-electron chi connectivity index (χ3n) is 6.74. The van der Waals surface area contributed by atoms with Crippen LogP contribution in [-0.2, 0) is 16.0 Å². The Balaban J connectivity index is 1.41.